The van der Waals surface area contributed by atoms with Crippen molar-refractivity contribution in [2.45, 2.75) is 25.3 Å². The summed E-state index contributed by atoms with van der Waals surface area (Å²) in [5.74, 6) is 0.580. The molecule has 0 aliphatic carbocycles. The maximum absolute atomic E-state index is 13.1. The van der Waals surface area contributed by atoms with Crippen LogP contribution in [0.5, 0.6) is 0 Å². The molecule has 1 heterocycles. The highest BCUT2D eigenvalue weighted by Crippen LogP contribution is 2.29. The van der Waals surface area contributed by atoms with Crippen molar-refractivity contribution in [1.82, 2.24) is 4.90 Å². The maximum Gasteiger partial charge on any atom is 0.253 e. The van der Waals surface area contributed by atoms with Crippen molar-refractivity contribution in [3.8, 4) is 11.1 Å². The van der Waals surface area contributed by atoms with E-state index >= 15 is 0 Å². The Balaban J connectivity index is 1.46. The van der Waals surface area contributed by atoms with E-state index in [-0.39, 0.29) is 5.91 Å². The second kappa shape index (κ2) is 8.67. The van der Waals surface area contributed by atoms with E-state index in [1.54, 1.807) is 0 Å². The zero-order chi connectivity index (χ0) is 20.2. The van der Waals surface area contributed by atoms with Gasteiger partial charge in [0.15, 0.2) is 0 Å². The van der Waals surface area contributed by atoms with Gasteiger partial charge in [-0.2, -0.15) is 0 Å². The van der Waals surface area contributed by atoms with E-state index in [0.29, 0.717) is 18.0 Å². The highest BCUT2D eigenvalue weighted by Gasteiger charge is 2.25. The van der Waals surface area contributed by atoms with Crippen LogP contribution >= 0.6 is 0 Å². The Labute approximate surface area is 174 Å². The summed E-state index contributed by atoms with van der Waals surface area (Å²) >= 11 is 0. The number of carbonyl (C=O) groups excluding carboxylic acids is 1. The largest absolute Gasteiger partial charge is 0.339 e. The zero-order valence-electron chi connectivity index (χ0n) is 16.6. The predicted molar refractivity (Wildman–Crippen MR) is 119 cm³/mol. The molecule has 0 unspecified atom stereocenters. The molecule has 3 aromatic carbocycles. The Kier molecular flexibility index (Phi) is 5.82. The van der Waals surface area contributed by atoms with Gasteiger partial charge in [-0.3, -0.25) is 4.79 Å². The Morgan fingerprint density at radius 2 is 1.72 bits per heavy atom. The van der Waals surface area contributed by atoms with Gasteiger partial charge in [-0.1, -0.05) is 66.1 Å². The number of amides is 1. The minimum atomic E-state index is 0.0931. The standard InChI is InChI=1S/C25H25BN2O/c26-24-10-2-1-9-23(24)21-7-4-8-22(16-21)25(29)28-13-11-19(12-14-28)20-6-3-5-18(15-20)17-27/h1-10,15-16,19H,11-14,17,27H2. The number of rotatable bonds is 4. The summed E-state index contributed by atoms with van der Waals surface area (Å²) in [5.41, 5.74) is 11.6. The van der Waals surface area contributed by atoms with Crippen LogP contribution in [0.3, 0.4) is 0 Å². The average molecular weight is 380 g/mol. The van der Waals surface area contributed by atoms with Crippen molar-refractivity contribution < 1.29 is 4.79 Å². The van der Waals surface area contributed by atoms with Gasteiger partial charge in [-0.15, -0.1) is 0 Å². The van der Waals surface area contributed by atoms with Gasteiger partial charge in [0.1, 0.15) is 7.85 Å². The quantitative estimate of drug-likeness (QED) is 0.703. The highest BCUT2D eigenvalue weighted by atomic mass is 16.2. The van der Waals surface area contributed by atoms with Crippen LogP contribution in [0.25, 0.3) is 11.1 Å². The van der Waals surface area contributed by atoms with Crippen LogP contribution in [0, 0.1) is 0 Å². The highest BCUT2D eigenvalue weighted by molar-refractivity contribution is 6.35. The molecule has 0 bridgehead atoms. The van der Waals surface area contributed by atoms with Crippen LogP contribution in [0.2, 0.25) is 0 Å². The molecule has 0 atom stereocenters. The minimum Gasteiger partial charge on any atom is -0.339 e. The van der Waals surface area contributed by atoms with E-state index < -0.39 is 0 Å². The van der Waals surface area contributed by atoms with Crippen molar-refractivity contribution in [2.75, 3.05) is 13.1 Å². The lowest BCUT2D eigenvalue weighted by Gasteiger charge is -2.32. The number of carbonyl (C=O) groups is 1. The molecule has 4 heteroatoms. The number of benzene rings is 3. The molecule has 0 saturated carbocycles. The van der Waals surface area contributed by atoms with Gasteiger partial charge in [0, 0.05) is 25.2 Å². The van der Waals surface area contributed by atoms with Crippen LogP contribution in [-0.4, -0.2) is 31.7 Å². The number of piperidine rings is 1. The molecular formula is C25H25BN2O. The van der Waals surface area contributed by atoms with E-state index in [9.17, 15) is 4.79 Å². The lowest BCUT2D eigenvalue weighted by molar-refractivity contribution is 0.0713. The van der Waals surface area contributed by atoms with E-state index in [1.807, 2.05) is 53.4 Å². The van der Waals surface area contributed by atoms with Gasteiger partial charge in [-0.05, 0) is 53.1 Å². The fraction of sp³-hybridized carbons (Fsp3) is 0.240. The molecule has 0 aromatic heterocycles. The fourth-order valence-corrected chi connectivity index (χ4v) is 4.15. The lowest BCUT2D eigenvalue weighted by atomic mass is 9.86. The van der Waals surface area contributed by atoms with E-state index in [1.165, 1.54) is 5.56 Å². The van der Waals surface area contributed by atoms with Crippen LogP contribution < -0.4 is 11.2 Å². The van der Waals surface area contributed by atoms with E-state index in [0.717, 1.165) is 48.1 Å². The normalized spacial score (nSPS) is 14.7. The third kappa shape index (κ3) is 4.28. The third-order valence-electron chi connectivity index (χ3n) is 5.82. The molecule has 3 nitrogen and oxygen atoms in total. The zero-order valence-corrected chi connectivity index (χ0v) is 16.6. The summed E-state index contributed by atoms with van der Waals surface area (Å²) in [5, 5.41) is 0. The first kappa shape index (κ1) is 19.5. The molecule has 2 N–H and O–H groups in total. The smallest absolute Gasteiger partial charge is 0.253 e. The average Bonchev–Trinajstić information content (AvgIpc) is 2.79. The molecule has 2 radical (unpaired) electrons. The van der Waals surface area contributed by atoms with E-state index in [2.05, 4.69) is 24.3 Å². The number of nitrogens with two attached hydrogens (primary N) is 1. The summed E-state index contributed by atoms with van der Waals surface area (Å²) in [6.07, 6.45) is 1.95. The molecule has 29 heavy (non-hydrogen) atoms. The summed E-state index contributed by atoms with van der Waals surface area (Å²) in [4.78, 5) is 15.1. The van der Waals surface area contributed by atoms with Crippen LogP contribution in [0.4, 0.5) is 0 Å². The molecule has 1 aliphatic heterocycles. The first-order valence-electron chi connectivity index (χ1n) is 10.2. The second-order valence-electron chi connectivity index (χ2n) is 7.68. The van der Waals surface area contributed by atoms with Gasteiger partial charge in [0.2, 0.25) is 0 Å². The first-order valence-corrected chi connectivity index (χ1v) is 10.2. The molecule has 1 saturated heterocycles. The van der Waals surface area contributed by atoms with Gasteiger partial charge in [0.25, 0.3) is 5.91 Å². The van der Waals surface area contributed by atoms with Crippen molar-refractivity contribution >= 4 is 19.2 Å². The SMILES string of the molecule is [B]c1ccccc1-c1cccc(C(=O)N2CCC(c3cccc(CN)c3)CC2)c1. The number of hydrogen-bond acceptors (Lipinski definition) is 2. The topological polar surface area (TPSA) is 46.3 Å². The Bertz CT molecular complexity index is 1010. The predicted octanol–water partition coefficient (Wildman–Crippen LogP) is 3.63. The number of nitrogens with zero attached hydrogens (tertiary/aromatic N) is 1. The molecule has 144 valence electrons. The van der Waals surface area contributed by atoms with Crippen LogP contribution in [0.15, 0.2) is 72.8 Å². The first-order chi connectivity index (χ1) is 14.2. The number of hydrogen-bond donors (Lipinski definition) is 1. The number of likely N-dealkylation sites (tertiary alicyclic amines) is 1. The van der Waals surface area contributed by atoms with Gasteiger partial charge < -0.3 is 10.6 Å². The van der Waals surface area contributed by atoms with Crippen molar-refractivity contribution in [2.24, 2.45) is 5.73 Å². The van der Waals surface area contributed by atoms with Crippen LogP contribution in [-0.2, 0) is 6.54 Å². The molecule has 0 spiro atoms. The molecule has 4 rings (SSSR count). The van der Waals surface area contributed by atoms with Crippen molar-refractivity contribution in [3.63, 3.8) is 0 Å². The maximum atomic E-state index is 13.1. The molecular weight excluding hydrogens is 355 g/mol. The van der Waals surface area contributed by atoms with Crippen molar-refractivity contribution in [1.29, 1.82) is 0 Å². The minimum absolute atomic E-state index is 0.0931. The van der Waals surface area contributed by atoms with Crippen molar-refractivity contribution in [3.05, 3.63) is 89.5 Å². The monoisotopic (exact) mass is 380 g/mol. The fourth-order valence-electron chi connectivity index (χ4n) is 4.15. The Morgan fingerprint density at radius 1 is 0.966 bits per heavy atom. The molecule has 1 amide bonds. The summed E-state index contributed by atoms with van der Waals surface area (Å²) < 4.78 is 0. The summed E-state index contributed by atoms with van der Waals surface area (Å²) in [7, 11) is 6.11. The Hall–Kier alpha value is -2.85. The van der Waals surface area contributed by atoms with Gasteiger partial charge >= 0.3 is 0 Å². The molecule has 3 aromatic rings. The molecule has 1 aliphatic rings. The summed E-state index contributed by atoms with van der Waals surface area (Å²) in [6, 6.07) is 24.0. The second-order valence-corrected chi connectivity index (χ2v) is 7.68. The van der Waals surface area contributed by atoms with Gasteiger partial charge in [0.05, 0.1) is 0 Å². The van der Waals surface area contributed by atoms with Crippen LogP contribution in [0.1, 0.15) is 40.2 Å². The molecule has 1 fully saturated rings. The van der Waals surface area contributed by atoms with E-state index in [4.69, 9.17) is 13.6 Å². The van der Waals surface area contributed by atoms with Gasteiger partial charge in [-0.25, -0.2) is 0 Å². The Morgan fingerprint density at radius 3 is 2.48 bits per heavy atom. The lowest BCUT2D eigenvalue weighted by Crippen LogP contribution is -2.37. The third-order valence-corrected chi connectivity index (χ3v) is 5.82. The summed E-state index contributed by atoms with van der Waals surface area (Å²) in [6.45, 7) is 2.11.